The molecule has 4 bridgehead atoms. The van der Waals surface area contributed by atoms with Crippen molar-refractivity contribution in [1.29, 1.82) is 0 Å². The summed E-state index contributed by atoms with van der Waals surface area (Å²) in [5.41, 5.74) is 0. The van der Waals surface area contributed by atoms with E-state index in [4.69, 9.17) is 0 Å². The zero-order valence-corrected chi connectivity index (χ0v) is 12.8. The molecule has 0 aromatic heterocycles. The first kappa shape index (κ1) is 13.0. The van der Waals surface area contributed by atoms with Crippen molar-refractivity contribution < 1.29 is 4.79 Å². The van der Waals surface area contributed by atoms with Crippen molar-refractivity contribution in [3.05, 3.63) is 0 Å². The summed E-state index contributed by atoms with van der Waals surface area (Å²) in [5.74, 6) is 4.05. The summed E-state index contributed by atoms with van der Waals surface area (Å²) in [6, 6.07) is 0. The number of hydrogen-bond acceptors (Lipinski definition) is 1. The average Bonchev–Trinajstić information content (AvgIpc) is 2.26. The Labute approximate surface area is 118 Å². The fourth-order valence-electron chi connectivity index (χ4n) is 4.87. The van der Waals surface area contributed by atoms with E-state index in [-0.39, 0.29) is 0 Å². The van der Waals surface area contributed by atoms with Crippen molar-refractivity contribution in [2.24, 2.45) is 29.6 Å². The highest BCUT2D eigenvalue weighted by Gasteiger charge is 2.50. The smallest absolute Gasteiger partial charge is 0.223 e. The Balaban J connectivity index is 1.57. The standard InChI is InChI=1S/C15H24BrNO/c1-9(16)2-3-17-15(18)14-12-5-10-4-11(7-12)8-13(14)6-10/h9-14H,2-8H2,1H3,(H,17,18). The van der Waals surface area contributed by atoms with Gasteiger partial charge in [0, 0.05) is 17.3 Å². The highest BCUT2D eigenvalue weighted by molar-refractivity contribution is 9.09. The van der Waals surface area contributed by atoms with Crippen LogP contribution in [-0.2, 0) is 4.79 Å². The lowest BCUT2D eigenvalue weighted by Gasteiger charge is -2.53. The van der Waals surface area contributed by atoms with E-state index >= 15 is 0 Å². The van der Waals surface area contributed by atoms with Crippen LogP contribution in [0.2, 0.25) is 0 Å². The van der Waals surface area contributed by atoms with Crippen LogP contribution in [0, 0.1) is 29.6 Å². The number of alkyl halides is 1. The Hall–Kier alpha value is -0.0500. The average molecular weight is 314 g/mol. The Kier molecular flexibility index (Phi) is 3.70. The SMILES string of the molecule is CC(Br)CCNC(=O)C1C2CC3CC(C2)CC1C3. The van der Waals surface area contributed by atoms with Gasteiger partial charge in [0.15, 0.2) is 0 Å². The predicted octanol–water partition coefficient (Wildman–Crippen LogP) is 3.35. The molecule has 0 heterocycles. The van der Waals surface area contributed by atoms with E-state index in [1.165, 1.54) is 32.1 Å². The van der Waals surface area contributed by atoms with E-state index in [2.05, 4.69) is 28.2 Å². The van der Waals surface area contributed by atoms with Gasteiger partial charge in [0.25, 0.3) is 0 Å². The van der Waals surface area contributed by atoms with E-state index in [9.17, 15) is 4.79 Å². The lowest BCUT2D eigenvalue weighted by atomic mass is 9.51. The molecule has 0 spiro atoms. The zero-order chi connectivity index (χ0) is 12.7. The zero-order valence-electron chi connectivity index (χ0n) is 11.2. The summed E-state index contributed by atoms with van der Waals surface area (Å²) < 4.78 is 0. The van der Waals surface area contributed by atoms with Gasteiger partial charge in [-0.1, -0.05) is 22.9 Å². The minimum atomic E-state index is 0.350. The predicted molar refractivity (Wildman–Crippen MR) is 76.6 cm³/mol. The topological polar surface area (TPSA) is 29.1 Å². The molecule has 4 aliphatic rings. The fraction of sp³-hybridized carbons (Fsp3) is 0.933. The number of carbonyl (C=O) groups excluding carboxylic acids is 1. The molecule has 1 amide bonds. The minimum Gasteiger partial charge on any atom is -0.356 e. The molecule has 0 radical (unpaired) electrons. The van der Waals surface area contributed by atoms with Gasteiger partial charge < -0.3 is 5.32 Å². The van der Waals surface area contributed by atoms with Gasteiger partial charge in [0.1, 0.15) is 0 Å². The van der Waals surface area contributed by atoms with E-state index in [0.29, 0.717) is 28.5 Å². The molecule has 0 aromatic rings. The van der Waals surface area contributed by atoms with Gasteiger partial charge in [0.05, 0.1) is 0 Å². The molecular weight excluding hydrogens is 290 g/mol. The van der Waals surface area contributed by atoms with E-state index in [0.717, 1.165) is 24.8 Å². The van der Waals surface area contributed by atoms with Gasteiger partial charge in [-0.2, -0.15) is 0 Å². The normalized spacial score (nSPS) is 42.9. The van der Waals surface area contributed by atoms with Gasteiger partial charge in [0.2, 0.25) is 5.91 Å². The maximum atomic E-state index is 12.4. The highest BCUT2D eigenvalue weighted by Crippen LogP contribution is 2.56. The molecule has 2 nitrogen and oxygen atoms in total. The Morgan fingerprint density at radius 2 is 1.72 bits per heavy atom. The fourth-order valence-corrected chi connectivity index (χ4v) is 5.09. The lowest BCUT2D eigenvalue weighted by molar-refractivity contribution is -0.138. The van der Waals surface area contributed by atoms with Crippen molar-refractivity contribution in [2.75, 3.05) is 6.54 Å². The second kappa shape index (κ2) is 5.15. The minimum absolute atomic E-state index is 0.350. The Morgan fingerprint density at radius 1 is 1.17 bits per heavy atom. The summed E-state index contributed by atoms with van der Waals surface area (Å²) in [7, 11) is 0. The van der Waals surface area contributed by atoms with Gasteiger partial charge in [-0.25, -0.2) is 0 Å². The molecule has 1 N–H and O–H groups in total. The molecular formula is C15H24BrNO. The monoisotopic (exact) mass is 313 g/mol. The van der Waals surface area contributed by atoms with Gasteiger partial charge in [-0.3, -0.25) is 4.79 Å². The van der Waals surface area contributed by atoms with E-state index in [1.807, 2.05) is 0 Å². The number of amides is 1. The highest BCUT2D eigenvalue weighted by atomic mass is 79.9. The summed E-state index contributed by atoms with van der Waals surface area (Å²) in [6.45, 7) is 2.96. The Bertz CT molecular complexity index is 300. The number of hydrogen-bond donors (Lipinski definition) is 1. The van der Waals surface area contributed by atoms with Gasteiger partial charge >= 0.3 is 0 Å². The van der Waals surface area contributed by atoms with Crippen LogP contribution in [0.3, 0.4) is 0 Å². The second-order valence-electron chi connectivity index (χ2n) is 6.82. The molecule has 0 aromatic carbocycles. The van der Waals surface area contributed by atoms with Crippen molar-refractivity contribution >= 4 is 21.8 Å². The molecule has 3 heteroatoms. The number of rotatable bonds is 4. The molecule has 0 aliphatic heterocycles. The second-order valence-corrected chi connectivity index (χ2v) is 8.38. The summed E-state index contributed by atoms with van der Waals surface area (Å²) in [5, 5.41) is 3.17. The summed E-state index contributed by atoms with van der Waals surface area (Å²) in [6.07, 6.45) is 7.82. The summed E-state index contributed by atoms with van der Waals surface area (Å²) in [4.78, 5) is 12.9. The quantitative estimate of drug-likeness (QED) is 0.792. The van der Waals surface area contributed by atoms with Crippen LogP contribution in [-0.4, -0.2) is 17.3 Å². The molecule has 1 atom stereocenters. The third kappa shape index (κ3) is 2.48. The largest absolute Gasteiger partial charge is 0.356 e. The number of nitrogens with one attached hydrogen (secondary N) is 1. The van der Waals surface area contributed by atoms with Gasteiger partial charge in [-0.15, -0.1) is 0 Å². The Morgan fingerprint density at radius 3 is 2.22 bits per heavy atom. The lowest BCUT2D eigenvalue weighted by Crippen LogP contribution is -2.51. The molecule has 4 aliphatic carbocycles. The number of halogens is 1. The molecule has 1 unspecified atom stereocenters. The van der Waals surface area contributed by atoms with Crippen LogP contribution < -0.4 is 5.32 Å². The first-order chi connectivity index (χ1) is 8.63. The van der Waals surface area contributed by atoms with Crippen molar-refractivity contribution in [2.45, 2.75) is 50.3 Å². The van der Waals surface area contributed by atoms with Crippen LogP contribution in [0.4, 0.5) is 0 Å². The third-order valence-electron chi connectivity index (χ3n) is 5.37. The first-order valence-electron chi connectivity index (χ1n) is 7.55. The maximum Gasteiger partial charge on any atom is 0.223 e. The number of carbonyl (C=O) groups is 1. The molecule has 4 rings (SSSR count). The van der Waals surface area contributed by atoms with Gasteiger partial charge in [-0.05, 0) is 62.2 Å². The maximum absolute atomic E-state index is 12.4. The molecule has 4 saturated carbocycles. The molecule has 18 heavy (non-hydrogen) atoms. The first-order valence-corrected chi connectivity index (χ1v) is 8.46. The van der Waals surface area contributed by atoms with Crippen LogP contribution in [0.5, 0.6) is 0 Å². The molecule has 102 valence electrons. The summed E-state index contributed by atoms with van der Waals surface area (Å²) >= 11 is 3.53. The molecule has 0 saturated heterocycles. The van der Waals surface area contributed by atoms with Crippen molar-refractivity contribution in [3.8, 4) is 0 Å². The van der Waals surface area contributed by atoms with Crippen LogP contribution in [0.1, 0.15) is 45.4 Å². The van der Waals surface area contributed by atoms with Crippen LogP contribution in [0.15, 0.2) is 0 Å². The van der Waals surface area contributed by atoms with E-state index in [1.54, 1.807) is 0 Å². The van der Waals surface area contributed by atoms with Crippen molar-refractivity contribution in [1.82, 2.24) is 5.32 Å². The van der Waals surface area contributed by atoms with Crippen LogP contribution >= 0.6 is 15.9 Å². The third-order valence-corrected chi connectivity index (χ3v) is 5.83. The van der Waals surface area contributed by atoms with E-state index < -0.39 is 0 Å². The van der Waals surface area contributed by atoms with Crippen LogP contribution in [0.25, 0.3) is 0 Å². The van der Waals surface area contributed by atoms with Crippen molar-refractivity contribution in [3.63, 3.8) is 0 Å². The molecule has 4 fully saturated rings.